The van der Waals surface area contributed by atoms with E-state index in [4.69, 9.17) is 26.4 Å². The maximum atomic E-state index is 5.37. The zero-order valence-electron chi connectivity index (χ0n) is 13.3. The molecule has 3 rings (SSSR count). The van der Waals surface area contributed by atoms with E-state index in [1.165, 1.54) is 0 Å². The van der Waals surface area contributed by atoms with Gasteiger partial charge in [0.1, 0.15) is 5.75 Å². The smallest absolute Gasteiger partial charge is 0.231 e. The molecule has 0 saturated heterocycles. The number of anilines is 1. The summed E-state index contributed by atoms with van der Waals surface area (Å²) in [5, 5.41) is 7.75. The van der Waals surface area contributed by atoms with E-state index in [1.807, 2.05) is 49.4 Å². The number of nitrogens with zero attached hydrogens (tertiary/aromatic N) is 1. The maximum absolute atomic E-state index is 5.37. The average Bonchev–Trinajstić information content (AvgIpc) is 3.08. The van der Waals surface area contributed by atoms with Gasteiger partial charge in [-0.15, -0.1) is 0 Å². The van der Waals surface area contributed by atoms with Gasteiger partial charge in [-0.1, -0.05) is 0 Å². The van der Waals surface area contributed by atoms with Gasteiger partial charge >= 0.3 is 0 Å². The van der Waals surface area contributed by atoms with Gasteiger partial charge in [0.25, 0.3) is 0 Å². The summed E-state index contributed by atoms with van der Waals surface area (Å²) in [5.41, 5.74) is 5.40. The number of methoxy groups -OCH3 is 1. The van der Waals surface area contributed by atoms with Crippen molar-refractivity contribution in [1.82, 2.24) is 5.43 Å². The highest BCUT2D eigenvalue weighted by molar-refractivity contribution is 7.80. The molecule has 6 nitrogen and oxygen atoms in total. The van der Waals surface area contributed by atoms with E-state index in [2.05, 4.69) is 15.8 Å². The van der Waals surface area contributed by atoms with Gasteiger partial charge in [-0.3, -0.25) is 5.43 Å². The van der Waals surface area contributed by atoms with Gasteiger partial charge in [0.15, 0.2) is 16.6 Å². The van der Waals surface area contributed by atoms with Crippen LogP contribution in [0.4, 0.5) is 5.69 Å². The SMILES string of the molecule is COc1ccc(NC(=S)N/N=C(/C)c2ccc3c(c2)OCO3)cc1. The van der Waals surface area contributed by atoms with Crippen molar-refractivity contribution < 1.29 is 14.2 Å². The summed E-state index contributed by atoms with van der Waals surface area (Å²) in [6.45, 7) is 2.14. The fourth-order valence-electron chi connectivity index (χ4n) is 2.15. The minimum absolute atomic E-state index is 0.253. The monoisotopic (exact) mass is 343 g/mol. The Morgan fingerprint density at radius 2 is 1.88 bits per heavy atom. The molecule has 0 aromatic heterocycles. The zero-order valence-corrected chi connectivity index (χ0v) is 14.1. The number of nitrogens with one attached hydrogen (secondary N) is 2. The number of hydrogen-bond donors (Lipinski definition) is 2. The first-order chi connectivity index (χ1) is 11.7. The van der Waals surface area contributed by atoms with Gasteiger partial charge in [0, 0.05) is 11.3 Å². The minimum Gasteiger partial charge on any atom is -0.497 e. The Bertz CT molecular complexity index is 775. The van der Waals surface area contributed by atoms with E-state index in [-0.39, 0.29) is 6.79 Å². The van der Waals surface area contributed by atoms with Crippen molar-refractivity contribution in [3.63, 3.8) is 0 Å². The van der Waals surface area contributed by atoms with Gasteiger partial charge in [-0.25, -0.2) is 0 Å². The molecule has 24 heavy (non-hydrogen) atoms. The third-order valence-electron chi connectivity index (χ3n) is 3.46. The lowest BCUT2D eigenvalue weighted by atomic mass is 10.1. The van der Waals surface area contributed by atoms with Crippen LogP contribution in [0, 0.1) is 0 Å². The van der Waals surface area contributed by atoms with Gasteiger partial charge in [-0.2, -0.15) is 5.10 Å². The number of fused-ring (bicyclic) bond motifs is 1. The molecule has 124 valence electrons. The van der Waals surface area contributed by atoms with Crippen LogP contribution >= 0.6 is 12.2 Å². The predicted octanol–water partition coefficient (Wildman–Crippen LogP) is 3.13. The Labute approximate surface area is 145 Å². The molecule has 2 N–H and O–H groups in total. The number of hydrazone groups is 1. The van der Waals surface area contributed by atoms with Gasteiger partial charge in [0.05, 0.1) is 12.8 Å². The van der Waals surface area contributed by atoms with Crippen LogP contribution in [-0.4, -0.2) is 24.7 Å². The second kappa shape index (κ2) is 7.18. The van der Waals surface area contributed by atoms with E-state index in [0.717, 1.165) is 34.2 Å². The highest BCUT2D eigenvalue weighted by Gasteiger charge is 2.14. The van der Waals surface area contributed by atoms with Crippen molar-refractivity contribution in [2.75, 3.05) is 19.2 Å². The normalized spacial score (nSPS) is 12.7. The molecule has 0 unspecified atom stereocenters. The van der Waals surface area contributed by atoms with E-state index in [9.17, 15) is 0 Å². The van der Waals surface area contributed by atoms with Crippen LogP contribution in [0.15, 0.2) is 47.6 Å². The molecule has 0 radical (unpaired) electrons. The van der Waals surface area contributed by atoms with E-state index < -0.39 is 0 Å². The van der Waals surface area contributed by atoms with Crippen molar-refractivity contribution in [2.45, 2.75) is 6.92 Å². The molecule has 2 aromatic carbocycles. The van der Waals surface area contributed by atoms with Crippen LogP contribution in [0.25, 0.3) is 0 Å². The molecule has 1 aliphatic rings. The Morgan fingerprint density at radius 3 is 2.62 bits per heavy atom. The van der Waals surface area contributed by atoms with Crippen molar-refractivity contribution in [2.24, 2.45) is 5.10 Å². The van der Waals surface area contributed by atoms with Crippen molar-refractivity contribution in [1.29, 1.82) is 0 Å². The minimum atomic E-state index is 0.253. The summed E-state index contributed by atoms with van der Waals surface area (Å²) in [4.78, 5) is 0. The number of hydrogen-bond acceptors (Lipinski definition) is 5. The molecule has 7 heteroatoms. The molecule has 2 aromatic rings. The standard InChI is InChI=1S/C17H17N3O3S/c1-11(12-3-8-15-16(9-12)23-10-22-15)19-20-17(24)18-13-4-6-14(21-2)7-5-13/h3-9H,10H2,1-2H3,(H2,18,20,24)/b19-11-. The summed E-state index contributed by atoms with van der Waals surface area (Å²) < 4.78 is 15.8. The van der Waals surface area contributed by atoms with E-state index in [0.29, 0.717) is 5.11 Å². The quantitative estimate of drug-likeness (QED) is 0.505. The first kappa shape index (κ1) is 16.1. The summed E-state index contributed by atoms with van der Waals surface area (Å²) in [5.74, 6) is 2.26. The Hall–Kier alpha value is -2.80. The first-order valence-corrected chi connectivity index (χ1v) is 7.72. The van der Waals surface area contributed by atoms with Crippen molar-refractivity contribution >= 4 is 28.7 Å². The number of thiocarbonyl (C=S) groups is 1. The van der Waals surface area contributed by atoms with E-state index >= 15 is 0 Å². The zero-order chi connectivity index (χ0) is 16.9. The van der Waals surface area contributed by atoms with Crippen LogP contribution in [0.2, 0.25) is 0 Å². The molecule has 0 amide bonds. The Morgan fingerprint density at radius 1 is 1.12 bits per heavy atom. The lowest BCUT2D eigenvalue weighted by Crippen LogP contribution is -2.24. The van der Waals surface area contributed by atoms with Gasteiger partial charge in [0.2, 0.25) is 6.79 Å². The number of benzene rings is 2. The van der Waals surface area contributed by atoms with Crippen LogP contribution in [0.5, 0.6) is 17.2 Å². The Kier molecular flexibility index (Phi) is 4.81. The average molecular weight is 343 g/mol. The second-order valence-electron chi connectivity index (χ2n) is 5.06. The van der Waals surface area contributed by atoms with Gasteiger partial charge < -0.3 is 19.5 Å². The third-order valence-corrected chi connectivity index (χ3v) is 3.66. The first-order valence-electron chi connectivity index (χ1n) is 7.31. The molecule has 0 saturated carbocycles. The highest BCUT2D eigenvalue weighted by atomic mass is 32.1. The Balaban J connectivity index is 1.60. The molecule has 1 heterocycles. The summed E-state index contributed by atoms with van der Waals surface area (Å²) in [6.07, 6.45) is 0. The van der Waals surface area contributed by atoms with Crippen LogP contribution in [-0.2, 0) is 0 Å². The summed E-state index contributed by atoms with van der Waals surface area (Å²) in [7, 11) is 1.63. The molecule has 1 aliphatic heterocycles. The van der Waals surface area contributed by atoms with Crippen LogP contribution in [0.1, 0.15) is 12.5 Å². The topological polar surface area (TPSA) is 64.1 Å². The lowest BCUT2D eigenvalue weighted by Gasteiger charge is -2.09. The fraction of sp³-hybridized carbons (Fsp3) is 0.176. The van der Waals surface area contributed by atoms with Gasteiger partial charge in [-0.05, 0) is 61.6 Å². The van der Waals surface area contributed by atoms with Crippen molar-refractivity contribution in [3.05, 3.63) is 48.0 Å². The molecular formula is C17H17N3O3S. The van der Waals surface area contributed by atoms with Crippen molar-refractivity contribution in [3.8, 4) is 17.2 Å². The highest BCUT2D eigenvalue weighted by Crippen LogP contribution is 2.32. The molecule has 0 spiro atoms. The molecule has 0 bridgehead atoms. The molecule has 0 atom stereocenters. The maximum Gasteiger partial charge on any atom is 0.231 e. The number of ether oxygens (including phenoxy) is 3. The van der Waals surface area contributed by atoms with Crippen LogP contribution < -0.4 is 25.0 Å². The molecular weight excluding hydrogens is 326 g/mol. The summed E-state index contributed by atoms with van der Waals surface area (Å²) in [6, 6.07) is 13.1. The lowest BCUT2D eigenvalue weighted by molar-refractivity contribution is 0.174. The summed E-state index contributed by atoms with van der Waals surface area (Å²) >= 11 is 5.24. The van der Waals surface area contributed by atoms with Crippen LogP contribution in [0.3, 0.4) is 0 Å². The molecule has 0 aliphatic carbocycles. The number of rotatable bonds is 4. The second-order valence-corrected chi connectivity index (χ2v) is 5.47. The third kappa shape index (κ3) is 3.75. The van der Waals surface area contributed by atoms with E-state index in [1.54, 1.807) is 7.11 Å². The predicted molar refractivity (Wildman–Crippen MR) is 97.1 cm³/mol. The fourth-order valence-corrected chi connectivity index (χ4v) is 2.32. The molecule has 0 fully saturated rings. The largest absolute Gasteiger partial charge is 0.497 e.